The van der Waals surface area contributed by atoms with E-state index in [4.69, 9.17) is 0 Å². The lowest BCUT2D eigenvalue weighted by Crippen LogP contribution is -2.39. The molecule has 21 heavy (non-hydrogen) atoms. The average Bonchev–Trinajstić information content (AvgIpc) is 2.52. The van der Waals surface area contributed by atoms with Crippen LogP contribution in [0.5, 0.6) is 0 Å². The minimum absolute atomic E-state index is 0.105. The van der Waals surface area contributed by atoms with Crippen LogP contribution in [0, 0.1) is 5.82 Å². The second-order valence-electron chi connectivity index (χ2n) is 5.73. The number of nitrogens with zero attached hydrogens (tertiary/aromatic N) is 1. The van der Waals surface area contributed by atoms with Crippen LogP contribution in [0.1, 0.15) is 44.6 Å². The molecule has 1 aliphatic carbocycles. The van der Waals surface area contributed by atoms with Gasteiger partial charge in [-0.05, 0) is 31.5 Å². The van der Waals surface area contributed by atoms with E-state index in [2.05, 4.69) is 10.2 Å². The van der Waals surface area contributed by atoms with Gasteiger partial charge >= 0.3 is 0 Å². The van der Waals surface area contributed by atoms with Gasteiger partial charge in [0.05, 0.1) is 6.61 Å². The van der Waals surface area contributed by atoms with Crippen LogP contribution in [-0.2, 0) is 6.54 Å². The van der Waals surface area contributed by atoms with Crippen molar-refractivity contribution in [2.45, 2.75) is 51.6 Å². The lowest BCUT2D eigenvalue weighted by Gasteiger charge is -2.37. The number of rotatable bonds is 7. The molecule has 0 heterocycles. The molecule has 3 nitrogen and oxygen atoms in total. The molecule has 2 rings (SSSR count). The van der Waals surface area contributed by atoms with Gasteiger partial charge in [0, 0.05) is 30.4 Å². The number of benzene rings is 1. The molecule has 0 atom stereocenters. The van der Waals surface area contributed by atoms with Crippen molar-refractivity contribution in [3.8, 4) is 0 Å². The Balaban J connectivity index is 2.27. The summed E-state index contributed by atoms with van der Waals surface area (Å²) < 4.78 is 14.2. The number of hydrogen-bond acceptors (Lipinski definition) is 3. The third-order valence-corrected chi connectivity index (χ3v) is 4.31. The molecule has 1 aliphatic rings. The highest BCUT2D eigenvalue weighted by atomic mass is 19.1. The van der Waals surface area contributed by atoms with Crippen molar-refractivity contribution in [2.75, 3.05) is 24.6 Å². The van der Waals surface area contributed by atoms with Gasteiger partial charge in [-0.15, -0.1) is 0 Å². The molecule has 0 radical (unpaired) electrons. The van der Waals surface area contributed by atoms with Crippen LogP contribution < -0.4 is 10.2 Å². The zero-order chi connectivity index (χ0) is 15.1. The van der Waals surface area contributed by atoms with Crippen molar-refractivity contribution in [1.29, 1.82) is 0 Å². The maximum Gasteiger partial charge on any atom is 0.129 e. The summed E-state index contributed by atoms with van der Waals surface area (Å²) in [5.41, 5.74) is 1.66. The Morgan fingerprint density at radius 3 is 2.71 bits per heavy atom. The highest BCUT2D eigenvalue weighted by Gasteiger charge is 2.23. The van der Waals surface area contributed by atoms with E-state index in [9.17, 15) is 9.50 Å². The van der Waals surface area contributed by atoms with Gasteiger partial charge < -0.3 is 15.3 Å². The van der Waals surface area contributed by atoms with Gasteiger partial charge in [-0.25, -0.2) is 4.39 Å². The van der Waals surface area contributed by atoms with Gasteiger partial charge in [0.15, 0.2) is 0 Å². The molecule has 0 spiro atoms. The van der Waals surface area contributed by atoms with E-state index in [1.54, 1.807) is 6.07 Å². The Morgan fingerprint density at radius 1 is 1.29 bits per heavy atom. The highest BCUT2D eigenvalue weighted by molar-refractivity contribution is 5.55. The minimum atomic E-state index is -0.160. The Bertz CT molecular complexity index is 433. The minimum Gasteiger partial charge on any atom is -0.395 e. The molecule has 0 saturated heterocycles. The quantitative estimate of drug-likeness (QED) is 0.811. The Kier molecular flexibility index (Phi) is 6.46. The molecule has 2 N–H and O–H groups in total. The first kappa shape index (κ1) is 16.2. The molecule has 118 valence electrons. The van der Waals surface area contributed by atoms with E-state index in [0.717, 1.165) is 30.6 Å². The van der Waals surface area contributed by atoms with Crippen LogP contribution in [0.25, 0.3) is 0 Å². The fourth-order valence-electron chi connectivity index (χ4n) is 3.24. The van der Waals surface area contributed by atoms with Crippen molar-refractivity contribution in [2.24, 2.45) is 0 Å². The van der Waals surface area contributed by atoms with Crippen LogP contribution in [-0.4, -0.2) is 30.8 Å². The molecular formula is C17H27FN2O. The maximum atomic E-state index is 14.2. The normalized spacial score (nSPS) is 16.1. The predicted octanol–water partition coefficient (Wildman–Crippen LogP) is 3.07. The Morgan fingerprint density at radius 2 is 2.05 bits per heavy atom. The van der Waals surface area contributed by atoms with Crippen molar-refractivity contribution >= 4 is 5.69 Å². The molecule has 0 bridgehead atoms. The summed E-state index contributed by atoms with van der Waals surface area (Å²) in [6, 6.07) is 5.70. The number of aliphatic hydroxyl groups excluding tert-OH is 1. The Labute approximate surface area is 127 Å². The van der Waals surface area contributed by atoms with E-state index in [0.29, 0.717) is 19.1 Å². The zero-order valence-electron chi connectivity index (χ0n) is 12.9. The van der Waals surface area contributed by atoms with Crippen LogP contribution in [0.3, 0.4) is 0 Å². The number of halogens is 1. The Hall–Kier alpha value is -1.13. The number of nitrogens with one attached hydrogen (secondary N) is 1. The van der Waals surface area contributed by atoms with E-state index >= 15 is 0 Å². The monoisotopic (exact) mass is 294 g/mol. The largest absolute Gasteiger partial charge is 0.395 e. The molecular weight excluding hydrogens is 267 g/mol. The lowest BCUT2D eigenvalue weighted by atomic mass is 9.93. The number of anilines is 1. The second kappa shape index (κ2) is 8.35. The first-order valence-corrected chi connectivity index (χ1v) is 8.13. The summed E-state index contributed by atoms with van der Waals surface area (Å²) in [6.07, 6.45) is 6.01. The fraction of sp³-hybridized carbons (Fsp3) is 0.647. The van der Waals surface area contributed by atoms with E-state index in [-0.39, 0.29) is 12.4 Å². The van der Waals surface area contributed by atoms with Crippen molar-refractivity contribution < 1.29 is 9.50 Å². The molecule has 1 fully saturated rings. The van der Waals surface area contributed by atoms with Crippen LogP contribution >= 0.6 is 0 Å². The molecule has 0 unspecified atom stereocenters. The first-order chi connectivity index (χ1) is 10.3. The third-order valence-electron chi connectivity index (χ3n) is 4.31. The lowest BCUT2D eigenvalue weighted by molar-refractivity contribution is 0.289. The summed E-state index contributed by atoms with van der Waals surface area (Å²) in [4.78, 5) is 2.22. The summed E-state index contributed by atoms with van der Waals surface area (Å²) in [6.45, 7) is 4.05. The van der Waals surface area contributed by atoms with Gasteiger partial charge in [-0.1, -0.05) is 32.3 Å². The summed E-state index contributed by atoms with van der Waals surface area (Å²) in [7, 11) is 0. The van der Waals surface area contributed by atoms with Crippen LogP contribution in [0.15, 0.2) is 18.2 Å². The van der Waals surface area contributed by atoms with E-state index in [1.807, 2.05) is 13.0 Å². The SMILES string of the molecule is CCNCc1c(F)cccc1N(CCO)C1CCCCC1. The number of aliphatic hydroxyl groups is 1. The van der Waals surface area contributed by atoms with E-state index < -0.39 is 0 Å². The van der Waals surface area contributed by atoms with Crippen LogP contribution in [0.4, 0.5) is 10.1 Å². The fourth-order valence-corrected chi connectivity index (χ4v) is 3.24. The smallest absolute Gasteiger partial charge is 0.129 e. The molecule has 4 heteroatoms. The third kappa shape index (κ3) is 4.17. The summed E-state index contributed by atoms with van der Waals surface area (Å²) in [5.74, 6) is -0.160. The van der Waals surface area contributed by atoms with Crippen molar-refractivity contribution in [3.63, 3.8) is 0 Å². The van der Waals surface area contributed by atoms with Crippen molar-refractivity contribution in [3.05, 3.63) is 29.6 Å². The summed E-state index contributed by atoms with van der Waals surface area (Å²) in [5, 5.41) is 12.6. The predicted molar refractivity (Wildman–Crippen MR) is 85.1 cm³/mol. The molecule has 1 aromatic rings. The van der Waals surface area contributed by atoms with E-state index in [1.165, 1.54) is 25.3 Å². The molecule has 1 aromatic carbocycles. The van der Waals surface area contributed by atoms with Gasteiger partial charge in [0.1, 0.15) is 5.82 Å². The highest BCUT2D eigenvalue weighted by Crippen LogP contribution is 2.30. The number of hydrogen-bond donors (Lipinski definition) is 2. The molecule has 0 amide bonds. The first-order valence-electron chi connectivity index (χ1n) is 8.13. The molecule has 1 saturated carbocycles. The van der Waals surface area contributed by atoms with Gasteiger partial charge in [-0.3, -0.25) is 0 Å². The zero-order valence-corrected chi connectivity index (χ0v) is 12.9. The van der Waals surface area contributed by atoms with Crippen molar-refractivity contribution in [1.82, 2.24) is 5.32 Å². The average molecular weight is 294 g/mol. The maximum absolute atomic E-state index is 14.2. The standard InChI is InChI=1S/C17H27FN2O/c1-2-19-13-15-16(18)9-6-10-17(15)20(11-12-21)14-7-4-3-5-8-14/h6,9-10,14,19,21H,2-5,7-8,11-13H2,1H3. The van der Waals surface area contributed by atoms with Gasteiger partial charge in [0.25, 0.3) is 0 Å². The molecule has 0 aromatic heterocycles. The molecule has 0 aliphatic heterocycles. The second-order valence-corrected chi connectivity index (χ2v) is 5.73. The van der Waals surface area contributed by atoms with Gasteiger partial charge in [0.2, 0.25) is 0 Å². The van der Waals surface area contributed by atoms with Gasteiger partial charge in [-0.2, -0.15) is 0 Å². The van der Waals surface area contributed by atoms with Crippen LogP contribution in [0.2, 0.25) is 0 Å². The topological polar surface area (TPSA) is 35.5 Å². The summed E-state index contributed by atoms with van der Waals surface area (Å²) >= 11 is 0.